The smallest absolute Gasteiger partial charge is 0.408 e. The van der Waals surface area contributed by atoms with E-state index in [0.29, 0.717) is 17.7 Å². The molecular weight excluding hydrogens is 266 g/mol. The van der Waals surface area contributed by atoms with Gasteiger partial charge in [0.2, 0.25) is 0 Å². The van der Waals surface area contributed by atoms with Gasteiger partial charge in [0.25, 0.3) is 0 Å². The van der Waals surface area contributed by atoms with E-state index >= 15 is 0 Å². The van der Waals surface area contributed by atoms with E-state index in [9.17, 15) is 9.59 Å². The Labute approximate surface area is 123 Å². The Kier molecular flexibility index (Phi) is 3.70. The number of oxazole rings is 1. The number of fused-ring (bicyclic) bond motifs is 1. The van der Waals surface area contributed by atoms with Crippen LogP contribution in [0.15, 0.2) is 27.4 Å². The van der Waals surface area contributed by atoms with Crippen LogP contribution in [0.5, 0.6) is 0 Å². The summed E-state index contributed by atoms with van der Waals surface area (Å²) < 4.78 is 6.82. The van der Waals surface area contributed by atoms with Crippen molar-refractivity contribution in [2.24, 2.45) is 11.8 Å². The Balaban J connectivity index is 1.90. The van der Waals surface area contributed by atoms with Crippen molar-refractivity contribution < 1.29 is 9.21 Å². The third-order valence-corrected chi connectivity index (χ3v) is 4.66. The van der Waals surface area contributed by atoms with Crippen LogP contribution in [-0.4, -0.2) is 10.4 Å². The van der Waals surface area contributed by atoms with Crippen LogP contribution in [0.4, 0.5) is 0 Å². The highest BCUT2D eigenvalue weighted by Gasteiger charge is 2.25. The number of carbonyl (C=O) groups excluding carboxylic acids is 1. The summed E-state index contributed by atoms with van der Waals surface area (Å²) in [5, 5.41) is 0. The van der Waals surface area contributed by atoms with Gasteiger partial charge in [0.1, 0.15) is 0 Å². The van der Waals surface area contributed by atoms with Gasteiger partial charge in [-0.2, -0.15) is 0 Å². The highest BCUT2D eigenvalue weighted by Crippen LogP contribution is 2.31. The maximum Gasteiger partial charge on any atom is 0.419 e. The summed E-state index contributed by atoms with van der Waals surface area (Å²) in [6, 6.07) is 5.37. The first-order valence-electron chi connectivity index (χ1n) is 7.77. The Morgan fingerprint density at radius 3 is 2.67 bits per heavy atom. The summed E-state index contributed by atoms with van der Waals surface area (Å²) in [4.78, 5) is 24.3. The minimum absolute atomic E-state index is 0.124. The van der Waals surface area contributed by atoms with Gasteiger partial charge in [-0.25, -0.2) is 4.79 Å². The number of hydrogen-bond donors (Lipinski definition) is 0. The molecule has 21 heavy (non-hydrogen) atoms. The molecule has 1 saturated carbocycles. The number of nitrogens with zero attached hydrogens (tertiary/aromatic N) is 1. The van der Waals surface area contributed by atoms with Crippen LogP contribution in [0.3, 0.4) is 0 Å². The Hall–Kier alpha value is -1.84. The average Bonchev–Trinajstić information content (AvgIpc) is 2.81. The van der Waals surface area contributed by atoms with Gasteiger partial charge in [-0.3, -0.25) is 9.36 Å². The number of carbonyl (C=O) groups is 1. The number of benzene rings is 1. The van der Waals surface area contributed by atoms with E-state index in [4.69, 9.17) is 4.42 Å². The van der Waals surface area contributed by atoms with Crippen LogP contribution in [0.2, 0.25) is 0 Å². The van der Waals surface area contributed by atoms with Crippen LogP contribution in [-0.2, 0) is 6.54 Å². The largest absolute Gasteiger partial charge is 0.419 e. The lowest BCUT2D eigenvalue weighted by Gasteiger charge is -2.25. The second-order valence-corrected chi connectivity index (χ2v) is 6.12. The number of ketones is 1. The van der Waals surface area contributed by atoms with Crippen molar-refractivity contribution in [3.05, 3.63) is 34.3 Å². The fourth-order valence-corrected chi connectivity index (χ4v) is 3.28. The van der Waals surface area contributed by atoms with Crippen molar-refractivity contribution in [3.8, 4) is 0 Å². The molecule has 0 amide bonds. The molecule has 3 rings (SSSR count). The standard InChI is InChI=1S/C17H21NO3/c1-3-18-14-9-8-13(10-15(14)21-17(18)20)16(19)12-6-4-11(2)5-7-12/h8-12H,3-7H2,1-2H3. The van der Waals surface area contributed by atoms with Gasteiger partial charge in [0.15, 0.2) is 11.4 Å². The van der Waals surface area contributed by atoms with Gasteiger partial charge >= 0.3 is 5.76 Å². The third kappa shape index (κ3) is 2.55. The van der Waals surface area contributed by atoms with E-state index in [2.05, 4.69) is 6.92 Å². The van der Waals surface area contributed by atoms with E-state index in [0.717, 1.165) is 37.1 Å². The van der Waals surface area contributed by atoms with E-state index in [1.807, 2.05) is 19.1 Å². The molecule has 0 atom stereocenters. The highest BCUT2D eigenvalue weighted by molar-refractivity contribution is 6.00. The highest BCUT2D eigenvalue weighted by atomic mass is 16.4. The first kappa shape index (κ1) is 14.1. The van der Waals surface area contributed by atoms with Crippen molar-refractivity contribution in [1.82, 2.24) is 4.57 Å². The van der Waals surface area contributed by atoms with E-state index in [1.165, 1.54) is 0 Å². The molecule has 1 aliphatic carbocycles. The summed E-state index contributed by atoms with van der Waals surface area (Å²) in [7, 11) is 0. The molecule has 4 heteroatoms. The second kappa shape index (κ2) is 5.51. The molecule has 0 spiro atoms. The number of Topliss-reactive ketones (excluding diaryl/α,β-unsaturated/α-hetero) is 1. The molecule has 0 aliphatic heterocycles. The Morgan fingerprint density at radius 1 is 1.29 bits per heavy atom. The van der Waals surface area contributed by atoms with Crippen LogP contribution >= 0.6 is 0 Å². The van der Waals surface area contributed by atoms with Gasteiger partial charge in [-0.15, -0.1) is 0 Å². The summed E-state index contributed by atoms with van der Waals surface area (Å²) >= 11 is 0. The van der Waals surface area contributed by atoms with Gasteiger partial charge < -0.3 is 4.42 Å². The minimum Gasteiger partial charge on any atom is -0.408 e. The molecule has 0 bridgehead atoms. The van der Waals surface area contributed by atoms with Crippen LogP contribution in [0.25, 0.3) is 11.1 Å². The summed E-state index contributed by atoms with van der Waals surface area (Å²) in [5.74, 6) is 0.686. The maximum absolute atomic E-state index is 12.6. The molecule has 1 aliphatic rings. The van der Waals surface area contributed by atoms with Crippen molar-refractivity contribution in [2.75, 3.05) is 0 Å². The van der Waals surface area contributed by atoms with Crippen molar-refractivity contribution in [2.45, 2.75) is 46.1 Å². The van der Waals surface area contributed by atoms with Crippen molar-refractivity contribution in [1.29, 1.82) is 0 Å². The molecule has 1 aromatic heterocycles. The third-order valence-electron chi connectivity index (χ3n) is 4.66. The fraction of sp³-hybridized carbons (Fsp3) is 0.529. The number of rotatable bonds is 3. The Bertz CT molecular complexity index is 717. The minimum atomic E-state index is -0.358. The van der Waals surface area contributed by atoms with Gasteiger partial charge in [0.05, 0.1) is 5.52 Å². The van der Waals surface area contributed by atoms with Gasteiger partial charge in [-0.1, -0.05) is 19.8 Å². The topological polar surface area (TPSA) is 52.2 Å². The van der Waals surface area contributed by atoms with Crippen LogP contribution in [0, 0.1) is 11.8 Å². The molecule has 0 unspecified atom stereocenters. The zero-order valence-corrected chi connectivity index (χ0v) is 12.6. The molecule has 112 valence electrons. The normalized spacial score (nSPS) is 22.6. The predicted molar refractivity (Wildman–Crippen MR) is 81.6 cm³/mol. The lowest BCUT2D eigenvalue weighted by atomic mass is 9.79. The molecule has 0 saturated heterocycles. The van der Waals surface area contributed by atoms with E-state index in [1.54, 1.807) is 10.6 Å². The number of aromatic nitrogens is 1. The molecule has 0 N–H and O–H groups in total. The Morgan fingerprint density at radius 2 is 2.00 bits per heavy atom. The first-order valence-corrected chi connectivity index (χ1v) is 7.77. The molecule has 4 nitrogen and oxygen atoms in total. The summed E-state index contributed by atoms with van der Waals surface area (Å²) in [6.07, 6.45) is 4.19. The number of aryl methyl sites for hydroxylation is 1. The zero-order chi connectivity index (χ0) is 15.0. The molecule has 1 fully saturated rings. The lowest BCUT2D eigenvalue weighted by Crippen LogP contribution is -2.20. The zero-order valence-electron chi connectivity index (χ0n) is 12.6. The molecule has 0 radical (unpaired) electrons. The second-order valence-electron chi connectivity index (χ2n) is 6.12. The van der Waals surface area contributed by atoms with Crippen LogP contribution < -0.4 is 5.76 Å². The van der Waals surface area contributed by atoms with Crippen LogP contribution in [0.1, 0.15) is 49.9 Å². The van der Waals surface area contributed by atoms with Crippen molar-refractivity contribution in [3.63, 3.8) is 0 Å². The van der Waals surface area contributed by atoms with Crippen molar-refractivity contribution >= 4 is 16.9 Å². The molecule has 1 aromatic carbocycles. The lowest BCUT2D eigenvalue weighted by molar-refractivity contribution is 0.0875. The quantitative estimate of drug-likeness (QED) is 0.810. The average molecular weight is 287 g/mol. The fourth-order valence-electron chi connectivity index (χ4n) is 3.28. The molecular formula is C17H21NO3. The monoisotopic (exact) mass is 287 g/mol. The maximum atomic E-state index is 12.6. The van der Waals surface area contributed by atoms with E-state index < -0.39 is 0 Å². The molecule has 2 aromatic rings. The summed E-state index contributed by atoms with van der Waals surface area (Å²) in [6.45, 7) is 4.72. The van der Waals surface area contributed by atoms with Gasteiger partial charge in [0, 0.05) is 18.0 Å². The predicted octanol–water partition coefficient (Wildman–Crippen LogP) is 3.62. The number of hydrogen-bond acceptors (Lipinski definition) is 3. The molecule has 1 heterocycles. The first-order chi connectivity index (χ1) is 10.1. The SMILES string of the molecule is CCn1c(=O)oc2cc(C(=O)C3CCC(C)CC3)ccc21. The van der Waals surface area contributed by atoms with Gasteiger partial charge in [-0.05, 0) is 43.9 Å². The summed E-state index contributed by atoms with van der Waals surface area (Å²) in [5.41, 5.74) is 1.94. The van der Waals surface area contributed by atoms with E-state index in [-0.39, 0.29) is 17.5 Å².